The Hall–Kier alpha value is -3.71. The Kier molecular flexibility index (Phi) is 5.89. The highest BCUT2D eigenvalue weighted by Gasteiger charge is 2.14. The van der Waals surface area contributed by atoms with Crippen LogP contribution < -0.4 is 15.8 Å². The van der Waals surface area contributed by atoms with Crippen molar-refractivity contribution in [3.8, 4) is 6.07 Å². The lowest BCUT2D eigenvalue weighted by Crippen LogP contribution is -2.29. The zero-order valence-electron chi connectivity index (χ0n) is 14.1. The first-order valence-corrected chi connectivity index (χ1v) is 9.34. The van der Waals surface area contributed by atoms with E-state index >= 15 is 0 Å². The molecule has 1 aromatic heterocycles. The van der Waals surface area contributed by atoms with E-state index in [0.717, 1.165) is 18.7 Å². The van der Waals surface area contributed by atoms with Crippen LogP contribution in [0.1, 0.15) is 21.5 Å². The van der Waals surface area contributed by atoms with Gasteiger partial charge in [-0.05, 0) is 29.8 Å². The lowest BCUT2D eigenvalue weighted by molar-refractivity contribution is -0.111. The molecule has 0 unspecified atom stereocenters. The highest BCUT2D eigenvalue weighted by molar-refractivity contribution is 7.89. The Labute approximate surface area is 155 Å². The van der Waals surface area contributed by atoms with Crippen molar-refractivity contribution < 1.29 is 18.0 Å². The van der Waals surface area contributed by atoms with Crippen molar-refractivity contribution in [3.63, 3.8) is 0 Å². The van der Waals surface area contributed by atoms with Gasteiger partial charge in [-0.1, -0.05) is 12.1 Å². The summed E-state index contributed by atoms with van der Waals surface area (Å²) in [5.74, 6) is -1.23. The molecule has 0 bridgehead atoms. The van der Waals surface area contributed by atoms with Gasteiger partial charge < -0.3 is 11.1 Å². The third kappa shape index (κ3) is 5.38. The third-order valence-corrected chi connectivity index (χ3v) is 3.84. The molecule has 0 radical (unpaired) electrons. The molecule has 0 aliphatic rings. The second-order valence-electron chi connectivity index (χ2n) is 5.36. The fraction of sp³-hybridized carbons (Fsp3) is 0.0588. The van der Waals surface area contributed by atoms with Crippen LogP contribution in [0.25, 0.3) is 5.57 Å². The lowest BCUT2D eigenvalue weighted by Gasteiger charge is -2.09. The minimum atomic E-state index is -3.69. The predicted octanol–water partition coefficient (Wildman–Crippen LogP) is 0.581. The van der Waals surface area contributed by atoms with E-state index in [4.69, 9.17) is 11.0 Å². The van der Waals surface area contributed by atoms with Crippen molar-refractivity contribution in [3.05, 3.63) is 65.5 Å². The van der Waals surface area contributed by atoms with Crippen molar-refractivity contribution in [2.45, 2.75) is 0 Å². The normalized spacial score (nSPS) is 11.3. The second-order valence-corrected chi connectivity index (χ2v) is 7.11. The van der Waals surface area contributed by atoms with Gasteiger partial charge in [0.1, 0.15) is 5.82 Å². The van der Waals surface area contributed by atoms with Gasteiger partial charge in [-0.2, -0.15) is 5.26 Å². The fourth-order valence-electron chi connectivity index (χ4n) is 2.04. The quantitative estimate of drug-likeness (QED) is 0.636. The Bertz CT molecular complexity index is 1040. The van der Waals surface area contributed by atoms with Crippen LogP contribution in [0, 0.1) is 11.3 Å². The molecule has 0 saturated heterocycles. The van der Waals surface area contributed by atoms with E-state index in [1.165, 1.54) is 12.1 Å². The largest absolute Gasteiger partial charge is 0.404 e. The first-order chi connectivity index (χ1) is 12.7. The number of amides is 2. The number of benzene rings is 1. The number of nitrogens with zero attached hydrogens (tertiary/aromatic N) is 2. The minimum absolute atomic E-state index is 0.0140. The van der Waals surface area contributed by atoms with Crippen molar-refractivity contribution in [2.75, 3.05) is 11.6 Å². The van der Waals surface area contributed by atoms with Crippen LogP contribution in [0.2, 0.25) is 0 Å². The summed E-state index contributed by atoms with van der Waals surface area (Å²) >= 11 is 0. The predicted molar refractivity (Wildman–Crippen MR) is 98.5 cm³/mol. The number of hydrogen-bond acceptors (Lipinski definition) is 7. The van der Waals surface area contributed by atoms with E-state index in [0.29, 0.717) is 11.1 Å². The van der Waals surface area contributed by atoms with E-state index in [-0.39, 0.29) is 17.0 Å². The smallest absolute Gasteiger partial charge is 0.266 e. The van der Waals surface area contributed by atoms with Gasteiger partial charge in [-0.25, -0.2) is 18.1 Å². The molecule has 138 valence electrons. The van der Waals surface area contributed by atoms with Crippen molar-refractivity contribution >= 4 is 33.2 Å². The van der Waals surface area contributed by atoms with Gasteiger partial charge >= 0.3 is 0 Å². The SMILES string of the molecule is CS(=O)(=O)NC(=O)c1ccc(NC(=O)C(=CN)c2ccc(C#N)cc2)nc1. The van der Waals surface area contributed by atoms with Crippen molar-refractivity contribution in [2.24, 2.45) is 5.73 Å². The van der Waals surface area contributed by atoms with Gasteiger partial charge in [-0.3, -0.25) is 9.59 Å². The van der Waals surface area contributed by atoms with Crippen molar-refractivity contribution in [1.82, 2.24) is 9.71 Å². The number of rotatable bonds is 5. The number of nitrogens with two attached hydrogens (primary N) is 1. The van der Waals surface area contributed by atoms with Crippen molar-refractivity contribution in [1.29, 1.82) is 5.26 Å². The monoisotopic (exact) mass is 385 g/mol. The maximum atomic E-state index is 12.4. The average Bonchev–Trinajstić information content (AvgIpc) is 2.62. The van der Waals surface area contributed by atoms with E-state index in [1.807, 2.05) is 10.8 Å². The first kappa shape index (κ1) is 19.6. The van der Waals surface area contributed by atoms with Crippen LogP contribution in [-0.2, 0) is 14.8 Å². The van der Waals surface area contributed by atoms with Crippen LogP contribution >= 0.6 is 0 Å². The molecule has 2 rings (SSSR count). The van der Waals surface area contributed by atoms with Gasteiger partial charge in [0.15, 0.2) is 0 Å². The second kappa shape index (κ2) is 8.11. The first-order valence-electron chi connectivity index (χ1n) is 7.45. The highest BCUT2D eigenvalue weighted by Crippen LogP contribution is 2.17. The van der Waals surface area contributed by atoms with Gasteiger partial charge in [0.2, 0.25) is 10.0 Å². The summed E-state index contributed by atoms with van der Waals surface area (Å²) in [6.45, 7) is 0. The topological polar surface area (TPSA) is 155 Å². The maximum absolute atomic E-state index is 12.4. The molecule has 0 spiro atoms. The molecule has 2 aromatic rings. The Morgan fingerprint density at radius 3 is 2.26 bits per heavy atom. The van der Waals surface area contributed by atoms with Gasteiger partial charge in [0, 0.05) is 12.4 Å². The number of hydrogen-bond donors (Lipinski definition) is 3. The molecule has 1 aromatic carbocycles. The number of anilines is 1. The number of carbonyl (C=O) groups is 2. The van der Waals surface area contributed by atoms with Gasteiger partial charge in [-0.15, -0.1) is 0 Å². The zero-order chi connectivity index (χ0) is 20.0. The van der Waals surface area contributed by atoms with Crippen LogP contribution in [0.3, 0.4) is 0 Å². The molecule has 1 heterocycles. The average molecular weight is 385 g/mol. The maximum Gasteiger partial charge on any atom is 0.266 e. The molecule has 4 N–H and O–H groups in total. The minimum Gasteiger partial charge on any atom is -0.404 e. The number of nitriles is 1. The summed E-state index contributed by atoms with van der Waals surface area (Å²) in [4.78, 5) is 28.0. The third-order valence-electron chi connectivity index (χ3n) is 3.28. The number of nitrogens with one attached hydrogen (secondary N) is 2. The molecular weight excluding hydrogens is 370 g/mol. The van der Waals surface area contributed by atoms with Gasteiger partial charge in [0.25, 0.3) is 11.8 Å². The summed E-state index contributed by atoms with van der Waals surface area (Å²) in [7, 11) is -3.69. The number of carbonyl (C=O) groups excluding carboxylic acids is 2. The van der Waals surface area contributed by atoms with Crippen LogP contribution in [-0.4, -0.2) is 31.5 Å². The summed E-state index contributed by atoms with van der Waals surface area (Å²) < 4.78 is 23.9. The molecule has 0 atom stereocenters. The van der Waals surface area contributed by atoms with E-state index in [1.54, 1.807) is 24.3 Å². The molecular formula is C17H15N5O4S. The molecule has 0 fully saturated rings. The summed E-state index contributed by atoms with van der Waals surface area (Å²) in [6.07, 6.45) is 3.12. The van der Waals surface area contributed by atoms with Crippen LogP contribution in [0.15, 0.2) is 48.8 Å². The number of sulfonamides is 1. The summed E-state index contributed by atoms with van der Waals surface area (Å²) in [6, 6.07) is 10.9. The molecule has 0 saturated carbocycles. The van der Waals surface area contributed by atoms with Gasteiger partial charge in [0.05, 0.1) is 29.0 Å². The molecule has 9 nitrogen and oxygen atoms in total. The Morgan fingerprint density at radius 1 is 1.15 bits per heavy atom. The summed E-state index contributed by atoms with van der Waals surface area (Å²) in [5, 5.41) is 11.3. The van der Waals surface area contributed by atoms with E-state index in [9.17, 15) is 18.0 Å². The fourth-order valence-corrected chi connectivity index (χ4v) is 2.50. The lowest BCUT2D eigenvalue weighted by atomic mass is 10.0. The van der Waals surface area contributed by atoms with Crippen LogP contribution in [0.4, 0.5) is 5.82 Å². The molecule has 27 heavy (non-hydrogen) atoms. The molecule has 2 amide bonds. The Morgan fingerprint density at radius 2 is 1.78 bits per heavy atom. The number of pyridine rings is 1. The van der Waals surface area contributed by atoms with E-state index in [2.05, 4.69) is 10.3 Å². The standard InChI is InChI=1S/C17H15N5O4S/c1-27(25,26)22-16(23)13-6-7-15(20-10-13)21-17(24)14(9-19)12-4-2-11(8-18)3-5-12/h2-7,9-10H,19H2,1H3,(H,22,23)(H,20,21,24). The molecule has 0 aliphatic carbocycles. The van der Waals surface area contributed by atoms with E-state index < -0.39 is 21.8 Å². The zero-order valence-corrected chi connectivity index (χ0v) is 14.9. The Balaban J connectivity index is 2.12. The molecule has 0 aliphatic heterocycles. The molecule has 10 heteroatoms. The highest BCUT2D eigenvalue weighted by atomic mass is 32.2. The summed E-state index contributed by atoms with van der Waals surface area (Å²) in [5.41, 5.74) is 6.67. The van der Waals surface area contributed by atoms with Crippen LogP contribution in [0.5, 0.6) is 0 Å². The number of aromatic nitrogens is 1.